The highest BCUT2D eigenvalue weighted by Gasteiger charge is 2.22. The van der Waals surface area contributed by atoms with E-state index in [0.29, 0.717) is 18.5 Å². The molecule has 1 saturated heterocycles. The number of methoxy groups -OCH3 is 1. The Bertz CT molecular complexity index is 612. The largest absolute Gasteiger partial charge is 0.385 e. The van der Waals surface area contributed by atoms with E-state index in [1.165, 1.54) is 0 Å². The molecule has 2 N–H and O–H groups in total. The van der Waals surface area contributed by atoms with Gasteiger partial charge in [0, 0.05) is 53.0 Å². The third-order valence-corrected chi connectivity index (χ3v) is 5.19. The number of guanidine groups is 1. The Morgan fingerprint density at radius 2 is 2.00 bits per heavy atom. The first-order valence-electron chi connectivity index (χ1n) is 10.7. The van der Waals surface area contributed by atoms with E-state index >= 15 is 0 Å². The monoisotopic (exact) mass is 409 g/mol. The normalized spacial score (nSPS) is 17.0. The molecule has 1 aliphatic rings. The zero-order valence-electron chi connectivity index (χ0n) is 18.8. The van der Waals surface area contributed by atoms with Crippen LogP contribution >= 0.6 is 0 Å². The molecule has 0 saturated carbocycles. The van der Waals surface area contributed by atoms with Crippen LogP contribution in [0.1, 0.15) is 38.3 Å². The fourth-order valence-corrected chi connectivity index (χ4v) is 3.40. The number of aliphatic imine (C=N–C) groups is 1. The van der Waals surface area contributed by atoms with Crippen LogP contribution in [0.2, 0.25) is 0 Å². The molecule has 1 atom stereocenters. The molecule has 9 heteroatoms. The minimum atomic E-state index is 0.460. The van der Waals surface area contributed by atoms with Gasteiger partial charge in [-0.15, -0.1) is 10.2 Å². The molecule has 29 heavy (non-hydrogen) atoms. The Balaban J connectivity index is 1.99. The van der Waals surface area contributed by atoms with E-state index in [4.69, 9.17) is 14.5 Å². The van der Waals surface area contributed by atoms with Crippen molar-refractivity contribution in [2.24, 2.45) is 18.0 Å². The minimum Gasteiger partial charge on any atom is -0.385 e. The lowest BCUT2D eigenvalue weighted by molar-refractivity contribution is 0.0132. The first-order valence-corrected chi connectivity index (χ1v) is 10.7. The molecule has 1 unspecified atom stereocenters. The second kappa shape index (κ2) is 12.8. The number of nitrogens with zero attached hydrogens (tertiary/aromatic N) is 5. The predicted octanol–water partition coefficient (Wildman–Crippen LogP) is 0.942. The van der Waals surface area contributed by atoms with Crippen LogP contribution < -0.4 is 10.6 Å². The zero-order valence-corrected chi connectivity index (χ0v) is 18.8. The molecule has 0 amide bonds. The van der Waals surface area contributed by atoms with Gasteiger partial charge in [-0.3, -0.25) is 4.90 Å². The van der Waals surface area contributed by atoms with Crippen molar-refractivity contribution >= 4 is 5.96 Å². The van der Waals surface area contributed by atoms with Crippen molar-refractivity contribution in [3.05, 3.63) is 11.6 Å². The summed E-state index contributed by atoms with van der Waals surface area (Å²) in [5.74, 6) is 3.19. The Morgan fingerprint density at radius 1 is 1.24 bits per heavy atom. The highest BCUT2D eigenvalue weighted by atomic mass is 16.5. The summed E-state index contributed by atoms with van der Waals surface area (Å²) >= 11 is 0. The SMILES string of the molecule is COCCCNC(=NCc1nnc(C)n1C)NCC(CC(C)C)N1CCOCC1. The standard InChI is InChI=1S/C20H39N7O2/c1-16(2)13-18(27-8-11-29-12-9-27)14-22-20(21-7-6-10-28-5)23-15-19-25-24-17(3)26(19)4/h16,18H,6-15H2,1-5H3,(H2,21,22,23). The van der Waals surface area contributed by atoms with Crippen molar-refractivity contribution < 1.29 is 9.47 Å². The maximum Gasteiger partial charge on any atom is 0.191 e. The summed E-state index contributed by atoms with van der Waals surface area (Å²) in [7, 11) is 3.69. The quantitative estimate of drug-likeness (QED) is 0.319. The molecule has 2 heterocycles. The average Bonchev–Trinajstić information content (AvgIpc) is 3.04. The van der Waals surface area contributed by atoms with E-state index in [9.17, 15) is 0 Å². The Kier molecular flexibility index (Phi) is 10.4. The fraction of sp³-hybridized carbons (Fsp3) is 0.850. The number of nitrogens with one attached hydrogen (secondary N) is 2. The van der Waals surface area contributed by atoms with Crippen LogP contribution in [0.25, 0.3) is 0 Å². The number of morpholine rings is 1. The zero-order chi connectivity index (χ0) is 21.1. The number of hydrogen-bond donors (Lipinski definition) is 2. The van der Waals surface area contributed by atoms with E-state index in [1.54, 1.807) is 7.11 Å². The van der Waals surface area contributed by atoms with Crippen LogP contribution in [0, 0.1) is 12.8 Å². The fourth-order valence-electron chi connectivity index (χ4n) is 3.40. The Labute approximate surface area is 175 Å². The van der Waals surface area contributed by atoms with Crippen molar-refractivity contribution in [1.82, 2.24) is 30.3 Å². The molecule has 1 aromatic heterocycles. The van der Waals surface area contributed by atoms with Crippen molar-refractivity contribution in [2.75, 3.05) is 53.1 Å². The lowest BCUT2D eigenvalue weighted by Crippen LogP contribution is -2.51. The van der Waals surface area contributed by atoms with Crippen molar-refractivity contribution in [2.45, 2.75) is 46.2 Å². The second-order valence-electron chi connectivity index (χ2n) is 7.97. The first-order chi connectivity index (χ1) is 14.0. The number of aromatic nitrogens is 3. The van der Waals surface area contributed by atoms with Crippen LogP contribution in [0.3, 0.4) is 0 Å². The van der Waals surface area contributed by atoms with Gasteiger partial charge in [-0.2, -0.15) is 0 Å². The molecule has 9 nitrogen and oxygen atoms in total. The summed E-state index contributed by atoms with van der Waals surface area (Å²) in [6.07, 6.45) is 2.07. The lowest BCUT2D eigenvalue weighted by Gasteiger charge is -2.35. The molecular weight excluding hydrogens is 370 g/mol. The number of ether oxygens (including phenoxy) is 2. The highest BCUT2D eigenvalue weighted by molar-refractivity contribution is 5.79. The van der Waals surface area contributed by atoms with Crippen LogP contribution in [0.4, 0.5) is 0 Å². The summed E-state index contributed by atoms with van der Waals surface area (Å²) in [6.45, 7) is 13.0. The van der Waals surface area contributed by atoms with E-state index in [2.05, 4.69) is 39.6 Å². The van der Waals surface area contributed by atoms with Crippen molar-refractivity contribution in [3.63, 3.8) is 0 Å². The van der Waals surface area contributed by atoms with E-state index in [0.717, 1.165) is 76.4 Å². The van der Waals surface area contributed by atoms with Gasteiger partial charge in [0.25, 0.3) is 0 Å². The van der Waals surface area contributed by atoms with E-state index < -0.39 is 0 Å². The van der Waals surface area contributed by atoms with Crippen LogP contribution in [0.5, 0.6) is 0 Å². The van der Waals surface area contributed by atoms with E-state index in [1.807, 2.05) is 18.5 Å². The molecule has 1 aliphatic heterocycles. The van der Waals surface area contributed by atoms with E-state index in [-0.39, 0.29) is 0 Å². The number of hydrogen-bond acceptors (Lipinski definition) is 6. The second-order valence-corrected chi connectivity index (χ2v) is 7.97. The molecule has 2 rings (SSSR count). The van der Waals surface area contributed by atoms with Gasteiger partial charge in [0.2, 0.25) is 0 Å². The summed E-state index contributed by atoms with van der Waals surface area (Å²) in [5.41, 5.74) is 0. The molecule has 166 valence electrons. The van der Waals surface area contributed by atoms with Crippen molar-refractivity contribution in [3.8, 4) is 0 Å². The molecule has 1 fully saturated rings. The molecule has 1 aromatic rings. The summed E-state index contributed by atoms with van der Waals surface area (Å²) in [4.78, 5) is 7.28. The summed E-state index contributed by atoms with van der Waals surface area (Å²) < 4.78 is 12.7. The predicted molar refractivity (Wildman–Crippen MR) is 115 cm³/mol. The van der Waals surface area contributed by atoms with Gasteiger partial charge >= 0.3 is 0 Å². The lowest BCUT2D eigenvalue weighted by atomic mass is 10.0. The highest BCUT2D eigenvalue weighted by Crippen LogP contribution is 2.13. The Hall–Kier alpha value is -1.71. The van der Waals surface area contributed by atoms with Gasteiger partial charge in [-0.1, -0.05) is 13.8 Å². The molecule has 0 spiro atoms. The number of aryl methyl sites for hydroxylation is 1. The third kappa shape index (κ3) is 8.28. The maximum absolute atomic E-state index is 5.53. The van der Waals surface area contributed by atoms with Gasteiger partial charge in [0.1, 0.15) is 12.4 Å². The molecule has 0 aliphatic carbocycles. The third-order valence-electron chi connectivity index (χ3n) is 5.19. The Morgan fingerprint density at radius 3 is 2.62 bits per heavy atom. The van der Waals surface area contributed by atoms with Crippen LogP contribution in [-0.4, -0.2) is 84.8 Å². The maximum atomic E-state index is 5.53. The minimum absolute atomic E-state index is 0.460. The average molecular weight is 410 g/mol. The van der Waals surface area contributed by atoms with Gasteiger partial charge in [0.15, 0.2) is 11.8 Å². The molecular formula is C20H39N7O2. The van der Waals surface area contributed by atoms with Crippen LogP contribution in [0.15, 0.2) is 4.99 Å². The van der Waals surface area contributed by atoms with Gasteiger partial charge < -0.3 is 24.7 Å². The molecule has 0 bridgehead atoms. The molecule has 0 radical (unpaired) electrons. The molecule has 0 aromatic carbocycles. The van der Waals surface area contributed by atoms with Crippen LogP contribution in [-0.2, 0) is 23.1 Å². The van der Waals surface area contributed by atoms with Crippen molar-refractivity contribution in [1.29, 1.82) is 0 Å². The van der Waals surface area contributed by atoms with Gasteiger partial charge in [-0.05, 0) is 25.7 Å². The van der Waals surface area contributed by atoms with Gasteiger partial charge in [0.05, 0.1) is 13.2 Å². The summed E-state index contributed by atoms with van der Waals surface area (Å²) in [6, 6.07) is 0.460. The topological polar surface area (TPSA) is 88.8 Å². The van der Waals surface area contributed by atoms with Gasteiger partial charge in [-0.25, -0.2) is 4.99 Å². The smallest absolute Gasteiger partial charge is 0.191 e. The first kappa shape index (κ1) is 23.6. The summed E-state index contributed by atoms with van der Waals surface area (Å²) in [5, 5.41) is 15.3. The number of rotatable bonds is 11.